The lowest BCUT2D eigenvalue weighted by atomic mass is 10.1. The standard InChI is InChI=1S/C21H13F3N4S/c22-21(23,24)14-3-1-12(2-4-14)18-10-17-19(29-18)20(27-11-26-17)28-15-5-6-16-13(9-15)7-8-25-16/h1-11,25H,(H,26,27,28). The molecule has 144 valence electrons. The van der Waals surface area contributed by atoms with E-state index in [0.717, 1.165) is 43.8 Å². The highest BCUT2D eigenvalue weighted by Gasteiger charge is 2.30. The number of aromatic amines is 1. The van der Waals surface area contributed by atoms with E-state index in [2.05, 4.69) is 20.3 Å². The second-order valence-corrected chi connectivity index (χ2v) is 7.58. The Labute approximate surface area is 167 Å². The summed E-state index contributed by atoms with van der Waals surface area (Å²) in [4.78, 5) is 12.6. The van der Waals surface area contributed by atoms with E-state index >= 15 is 0 Å². The van der Waals surface area contributed by atoms with Gasteiger partial charge in [-0.1, -0.05) is 12.1 Å². The van der Waals surface area contributed by atoms with Gasteiger partial charge >= 0.3 is 6.18 Å². The van der Waals surface area contributed by atoms with E-state index in [1.54, 1.807) is 0 Å². The molecule has 0 unspecified atom stereocenters. The van der Waals surface area contributed by atoms with Crippen LogP contribution in [-0.4, -0.2) is 15.0 Å². The zero-order chi connectivity index (χ0) is 20.0. The third-order valence-corrected chi connectivity index (χ3v) is 5.80. The number of thiophene rings is 1. The Kier molecular flexibility index (Phi) is 4.02. The summed E-state index contributed by atoms with van der Waals surface area (Å²) in [7, 11) is 0. The van der Waals surface area contributed by atoms with Gasteiger partial charge < -0.3 is 10.3 Å². The number of hydrogen-bond acceptors (Lipinski definition) is 4. The first-order chi connectivity index (χ1) is 14.0. The highest BCUT2D eigenvalue weighted by Crippen LogP contribution is 2.38. The fourth-order valence-corrected chi connectivity index (χ4v) is 4.24. The van der Waals surface area contributed by atoms with Crippen LogP contribution in [0.1, 0.15) is 5.56 Å². The van der Waals surface area contributed by atoms with E-state index in [-0.39, 0.29) is 0 Å². The van der Waals surface area contributed by atoms with Gasteiger partial charge in [0, 0.05) is 27.7 Å². The van der Waals surface area contributed by atoms with Crippen LogP contribution in [0.4, 0.5) is 24.7 Å². The molecule has 0 aliphatic carbocycles. The van der Waals surface area contributed by atoms with Crippen molar-refractivity contribution < 1.29 is 13.2 Å². The highest BCUT2D eigenvalue weighted by molar-refractivity contribution is 7.22. The number of rotatable bonds is 3. The average Bonchev–Trinajstić information content (AvgIpc) is 3.34. The molecule has 0 atom stereocenters. The fourth-order valence-electron chi connectivity index (χ4n) is 3.18. The van der Waals surface area contributed by atoms with E-state index in [4.69, 9.17) is 0 Å². The Morgan fingerprint density at radius 1 is 0.931 bits per heavy atom. The third kappa shape index (κ3) is 3.31. The summed E-state index contributed by atoms with van der Waals surface area (Å²) in [5, 5.41) is 4.40. The summed E-state index contributed by atoms with van der Waals surface area (Å²) in [5.41, 5.74) is 2.72. The van der Waals surface area contributed by atoms with Crippen LogP contribution < -0.4 is 5.32 Å². The minimum atomic E-state index is -4.35. The molecule has 2 aromatic carbocycles. The molecule has 0 aliphatic heterocycles. The highest BCUT2D eigenvalue weighted by atomic mass is 32.1. The number of aromatic nitrogens is 3. The zero-order valence-corrected chi connectivity index (χ0v) is 15.6. The number of halogens is 3. The SMILES string of the molecule is FC(F)(F)c1ccc(-c2cc3ncnc(Nc4ccc5[nH]ccc5c4)c3s2)cc1. The maximum atomic E-state index is 12.8. The molecule has 3 aromatic heterocycles. The van der Waals surface area contributed by atoms with Gasteiger partial charge in [-0.05, 0) is 48.0 Å². The van der Waals surface area contributed by atoms with E-state index in [1.165, 1.54) is 29.8 Å². The van der Waals surface area contributed by atoms with Crippen LogP contribution in [0.25, 0.3) is 31.6 Å². The van der Waals surface area contributed by atoms with Crippen molar-refractivity contribution in [2.75, 3.05) is 5.32 Å². The van der Waals surface area contributed by atoms with Gasteiger partial charge in [0.1, 0.15) is 6.33 Å². The van der Waals surface area contributed by atoms with Crippen molar-refractivity contribution in [3.63, 3.8) is 0 Å². The quantitative estimate of drug-likeness (QED) is 0.352. The monoisotopic (exact) mass is 410 g/mol. The molecule has 4 nitrogen and oxygen atoms in total. The van der Waals surface area contributed by atoms with E-state index < -0.39 is 11.7 Å². The van der Waals surface area contributed by atoms with E-state index in [9.17, 15) is 13.2 Å². The molecule has 0 bridgehead atoms. The molecule has 0 fully saturated rings. The van der Waals surface area contributed by atoms with Crippen molar-refractivity contribution in [3.05, 3.63) is 72.7 Å². The molecule has 0 saturated heterocycles. The number of hydrogen-bond donors (Lipinski definition) is 2. The fraction of sp³-hybridized carbons (Fsp3) is 0.0476. The summed E-state index contributed by atoms with van der Waals surface area (Å²) in [6.07, 6.45) is -0.989. The molecule has 0 spiro atoms. The van der Waals surface area contributed by atoms with Crippen molar-refractivity contribution in [2.45, 2.75) is 6.18 Å². The molecule has 0 saturated carbocycles. The molecule has 29 heavy (non-hydrogen) atoms. The van der Waals surface area contributed by atoms with Crippen LogP contribution >= 0.6 is 11.3 Å². The van der Waals surface area contributed by atoms with Gasteiger partial charge in [0.15, 0.2) is 5.82 Å². The van der Waals surface area contributed by atoms with Crippen molar-refractivity contribution >= 4 is 44.0 Å². The van der Waals surface area contributed by atoms with Gasteiger partial charge in [-0.25, -0.2) is 9.97 Å². The number of anilines is 2. The van der Waals surface area contributed by atoms with Crippen molar-refractivity contribution in [3.8, 4) is 10.4 Å². The lowest BCUT2D eigenvalue weighted by Crippen LogP contribution is -2.03. The Bertz CT molecular complexity index is 1320. The predicted octanol–water partition coefficient (Wildman–Crippen LogP) is 6.60. The first kappa shape index (κ1) is 17.7. The molecular weight excluding hydrogens is 397 g/mol. The summed E-state index contributed by atoms with van der Waals surface area (Å²) < 4.78 is 39.2. The van der Waals surface area contributed by atoms with Gasteiger partial charge in [0.2, 0.25) is 0 Å². The molecule has 8 heteroatoms. The topological polar surface area (TPSA) is 53.6 Å². The number of fused-ring (bicyclic) bond motifs is 2. The minimum Gasteiger partial charge on any atom is -0.361 e. The number of alkyl halides is 3. The first-order valence-electron chi connectivity index (χ1n) is 8.74. The van der Waals surface area contributed by atoms with Crippen molar-refractivity contribution in [1.82, 2.24) is 15.0 Å². The number of benzene rings is 2. The van der Waals surface area contributed by atoms with E-state index in [1.807, 2.05) is 36.5 Å². The normalized spacial score (nSPS) is 12.0. The smallest absolute Gasteiger partial charge is 0.361 e. The Hall–Kier alpha value is -3.39. The molecule has 2 N–H and O–H groups in total. The molecular formula is C21H13F3N4S. The van der Waals surface area contributed by atoms with Crippen molar-refractivity contribution in [2.24, 2.45) is 0 Å². The lowest BCUT2D eigenvalue weighted by molar-refractivity contribution is -0.137. The Balaban J connectivity index is 1.50. The van der Waals surface area contributed by atoms with E-state index in [0.29, 0.717) is 11.4 Å². The van der Waals surface area contributed by atoms with Crippen LogP contribution in [0.5, 0.6) is 0 Å². The molecule has 0 aliphatic rings. The van der Waals surface area contributed by atoms with Gasteiger partial charge in [-0.15, -0.1) is 11.3 Å². The third-order valence-electron chi connectivity index (χ3n) is 4.62. The number of H-pyrrole nitrogens is 1. The van der Waals surface area contributed by atoms with Crippen LogP contribution in [0.2, 0.25) is 0 Å². The largest absolute Gasteiger partial charge is 0.416 e. The van der Waals surface area contributed by atoms with Gasteiger partial charge in [0.05, 0.1) is 15.8 Å². The maximum Gasteiger partial charge on any atom is 0.416 e. The summed E-state index contributed by atoms with van der Waals surface area (Å²) >= 11 is 1.44. The molecule has 3 heterocycles. The van der Waals surface area contributed by atoms with Gasteiger partial charge in [0.25, 0.3) is 0 Å². The second-order valence-electron chi connectivity index (χ2n) is 6.53. The van der Waals surface area contributed by atoms with Gasteiger partial charge in [-0.3, -0.25) is 0 Å². The molecule has 5 aromatic rings. The van der Waals surface area contributed by atoms with Crippen molar-refractivity contribution in [1.29, 1.82) is 0 Å². The number of nitrogens with zero attached hydrogens (tertiary/aromatic N) is 2. The van der Waals surface area contributed by atoms with Crippen LogP contribution in [0, 0.1) is 0 Å². The minimum absolute atomic E-state index is 0.660. The summed E-state index contributed by atoms with van der Waals surface area (Å²) in [5.74, 6) is 0.660. The molecule has 0 radical (unpaired) electrons. The Morgan fingerprint density at radius 2 is 1.76 bits per heavy atom. The zero-order valence-electron chi connectivity index (χ0n) is 14.8. The molecule has 5 rings (SSSR count). The van der Waals surface area contributed by atoms with Crippen LogP contribution in [-0.2, 0) is 6.18 Å². The van der Waals surface area contributed by atoms with Crippen LogP contribution in [0.3, 0.4) is 0 Å². The molecule has 0 amide bonds. The maximum absolute atomic E-state index is 12.8. The predicted molar refractivity (Wildman–Crippen MR) is 109 cm³/mol. The summed E-state index contributed by atoms with van der Waals surface area (Å²) in [6.45, 7) is 0. The summed E-state index contributed by atoms with van der Waals surface area (Å²) in [6, 6.07) is 15.0. The lowest BCUT2D eigenvalue weighted by Gasteiger charge is -2.07. The van der Waals surface area contributed by atoms with Crippen LogP contribution in [0.15, 0.2) is 67.1 Å². The first-order valence-corrected chi connectivity index (χ1v) is 9.55. The van der Waals surface area contributed by atoms with Gasteiger partial charge in [-0.2, -0.15) is 13.2 Å². The second kappa shape index (κ2) is 6.59. The number of nitrogens with one attached hydrogen (secondary N) is 2. The Morgan fingerprint density at radius 3 is 2.55 bits per heavy atom. The average molecular weight is 410 g/mol.